The van der Waals surface area contributed by atoms with E-state index in [4.69, 9.17) is 0 Å². The number of rotatable bonds is 6. The van der Waals surface area contributed by atoms with E-state index in [9.17, 15) is 15.0 Å². The molecule has 96 valence electrons. The second-order valence-electron chi connectivity index (χ2n) is 4.45. The number of aromatic hydroxyl groups is 2. The van der Waals surface area contributed by atoms with E-state index in [1.807, 2.05) is 0 Å². The fraction of sp³-hybridized carbons (Fsp3) is 0.615. The summed E-state index contributed by atoms with van der Waals surface area (Å²) in [6.45, 7) is 4.89. The normalized spacial score (nSPS) is 12.6. The van der Waals surface area contributed by atoms with Gasteiger partial charge in [-0.15, -0.1) is 0 Å². The van der Waals surface area contributed by atoms with Gasteiger partial charge in [-0.2, -0.15) is 0 Å². The molecule has 0 fully saturated rings. The Morgan fingerprint density at radius 1 is 1.35 bits per heavy atom. The van der Waals surface area contributed by atoms with Gasteiger partial charge < -0.3 is 14.8 Å². The predicted molar refractivity (Wildman–Crippen MR) is 67.3 cm³/mol. The molecule has 0 bridgehead atoms. The number of pyridine rings is 1. The van der Waals surface area contributed by atoms with Crippen molar-refractivity contribution in [2.75, 3.05) is 0 Å². The number of unbranched alkanes of at least 4 members (excludes halogenated alkanes) is 1. The molecule has 0 amide bonds. The number of hydrogen-bond acceptors (Lipinski definition) is 3. The summed E-state index contributed by atoms with van der Waals surface area (Å²) in [6.07, 6.45) is 5.74. The largest absolute Gasteiger partial charge is 0.503 e. The van der Waals surface area contributed by atoms with Crippen LogP contribution < -0.4 is 5.43 Å². The van der Waals surface area contributed by atoms with Crippen LogP contribution in [0.4, 0.5) is 0 Å². The Kier molecular flexibility index (Phi) is 5.07. The highest BCUT2D eigenvalue weighted by molar-refractivity contribution is 5.22. The maximum Gasteiger partial charge on any atom is 0.226 e. The second kappa shape index (κ2) is 6.33. The summed E-state index contributed by atoms with van der Waals surface area (Å²) in [5.74, 6) is 0.0682. The van der Waals surface area contributed by atoms with Crippen molar-refractivity contribution in [3.8, 4) is 11.6 Å². The van der Waals surface area contributed by atoms with E-state index in [0.29, 0.717) is 12.5 Å². The van der Waals surface area contributed by atoms with Gasteiger partial charge in [0.05, 0.1) is 6.20 Å². The Bertz CT molecular complexity index is 412. The maximum absolute atomic E-state index is 11.1. The molecule has 1 rings (SSSR count). The molecule has 0 saturated carbocycles. The summed E-state index contributed by atoms with van der Waals surface area (Å²) < 4.78 is 1.54. The SMILES string of the molecule is CCCCC(CC)Cn1cc(O)c(=O)cc1O. The molecule has 1 aromatic rings. The molecule has 1 unspecified atom stereocenters. The van der Waals surface area contributed by atoms with Gasteiger partial charge in [0.15, 0.2) is 11.6 Å². The van der Waals surface area contributed by atoms with Crippen molar-refractivity contribution in [1.82, 2.24) is 4.57 Å². The average Bonchev–Trinajstić information content (AvgIpc) is 2.30. The maximum atomic E-state index is 11.1. The highest BCUT2D eigenvalue weighted by atomic mass is 16.3. The first kappa shape index (κ1) is 13.6. The van der Waals surface area contributed by atoms with Gasteiger partial charge in [-0.1, -0.05) is 33.1 Å². The summed E-state index contributed by atoms with van der Waals surface area (Å²) in [5.41, 5.74) is -0.541. The standard InChI is InChI=1S/C13H21NO3/c1-3-5-6-10(4-2)8-14-9-12(16)11(15)7-13(14)17/h7,9-10,16-17H,3-6,8H2,1-2H3. The van der Waals surface area contributed by atoms with Gasteiger partial charge in [0.25, 0.3) is 0 Å². The summed E-state index contributed by atoms with van der Waals surface area (Å²) in [5, 5.41) is 19.0. The van der Waals surface area contributed by atoms with E-state index >= 15 is 0 Å². The summed E-state index contributed by atoms with van der Waals surface area (Å²) in [4.78, 5) is 11.1. The zero-order chi connectivity index (χ0) is 12.8. The van der Waals surface area contributed by atoms with Gasteiger partial charge in [0.1, 0.15) is 0 Å². The fourth-order valence-electron chi connectivity index (χ4n) is 1.89. The molecule has 0 spiro atoms. The van der Waals surface area contributed by atoms with Crippen LogP contribution >= 0.6 is 0 Å². The summed E-state index contributed by atoms with van der Waals surface area (Å²) in [7, 11) is 0. The van der Waals surface area contributed by atoms with Crippen LogP contribution in [0.25, 0.3) is 0 Å². The van der Waals surface area contributed by atoms with Crippen molar-refractivity contribution in [2.45, 2.75) is 46.1 Å². The minimum absolute atomic E-state index is 0.0808. The number of nitrogens with zero attached hydrogens (tertiary/aromatic N) is 1. The molecule has 17 heavy (non-hydrogen) atoms. The van der Waals surface area contributed by atoms with Gasteiger partial charge in [-0.3, -0.25) is 4.79 Å². The molecular formula is C13H21NO3. The zero-order valence-corrected chi connectivity index (χ0v) is 10.5. The molecule has 0 aromatic carbocycles. The molecular weight excluding hydrogens is 218 g/mol. The topological polar surface area (TPSA) is 62.5 Å². The van der Waals surface area contributed by atoms with E-state index < -0.39 is 5.43 Å². The molecule has 1 atom stereocenters. The average molecular weight is 239 g/mol. The van der Waals surface area contributed by atoms with Crippen LogP contribution in [0.5, 0.6) is 11.6 Å². The Morgan fingerprint density at radius 2 is 2.06 bits per heavy atom. The van der Waals surface area contributed by atoms with Crippen LogP contribution in [-0.4, -0.2) is 14.8 Å². The van der Waals surface area contributed by atoms with Crippen molar-refractivity contribution in [3.05, 3.63) is 22.5 Å². The van der Waals surface area contributed by atoms with E-state index in [2.05, 4.69) is 13.8 Å². The third-order valence-electron chi connectivity index (χ3n) is 3.08. The van der Waals surface area contributed by atoms with E-state index in [1.54, 1.807) is 4.57 Å². The third kappa shape index (κ3) is 3.80. The fourth-order valence-corrected chi connectivity index (χ4v) is 1.89. The van der Waals surface area contributed by atoms with E-state index in [0.717, 1.165) is 31.7 Å². The van der Waals surface area contributed by atoms with E-state index in [-0.39, 0.29) is 11.6 Å². The zero-order valence-electron chi connectivity index (χ0n) is 10.5. The molecule has 4 heteroatoms. The molecule has 0 aliphatic carbocycles. The molecule has 0 aliphatic rings. The third-order valence-corrected chi connectivity index (χ3v) is 3.08. The Labute approximate surface area is 102 Å². The van der Waals surface area contributed by atoms with Crippen LogP contribution in [0.15, 0.2) is 17.1 Å². The molecule has 2 N–H and O–H groups in total. The summed E-state index contributed by atoms with van der Waals surface area (Å²) in [6, 6.07) is 1.06. The van der Waals surface area contributed by atoms with Crippen LogP contribution in [-0.2, 0) is 6.54 Å². The molecule has 0 aliphatic heterocycles. The quantitative estimate of drug-likeness (QED) is 0.801. The van der Waals surface area contributed by atoms with Crippen molar-refractivity contribution < 1.29 is 10.2 Å². The van der Waals surface area contributed by atoms with Gasteiger partial charge in [-0.05, 0) is 12.3 Å². The first-order valence-electron chi connectivity index (χ1n) is 6.20. The van der Waals surface area contributed by atoms with E-state index in [1.165, 1.54) is 6.20 Å². The highest BCUT2D eigenvalue weighted by Crippen LogP contribution is 2.19. The molecule has 1 heterocycles. The van der Waals surface area contributed by atoms with Crippen molar-refractivity contribution in [3.63, 3.8) is 0 Å². The van der Waals surface area contributed by atoms with Gasteiger partial charge in [0, 0.05) is 12.6 Å². The van der Waals surface area contributed by atoms with Gasteiger partial charge >= 0.3 is 0 Å². The summed E-state index contributed by atoms with van der Waals surface area (Å²) >= 11 is 0. The lowest BCUT2D eigenvalue weighted by Crippen LogP contribution is -2.13. The van der Waals surface area contributed by atoms with Crippen molar-refractivity contribution in [2.24, 2.45) is 5.92 Å². The lowest BCUT2D eigenvalue weighted by Gasteiger charge is -2.17. The predicted octanol–water partition coefficient (Wildman–Crippen LogP) is 2.48. The van der Waals surface area contributed by atoms with Crippen molar-refractivity contribution in [1.29, 1.82) is 0 Å². The van der Waals surface area contributed by atoms with Gasteiger partial charge in [0.2, 0.25) is 5.43 Å². The van der Waals surface area contributed by atoms with Crippen molar-refractivity contribution >= 4 is 0 Å². The van der Waals surface area contributed by atoms with Crippen LogP contribution in [0.2, 0.25) is 0 Å². The second-order valence-corrected chi connectivity index (χ2v) is 4.45. The number of hydrogen-bond donors (Lipinski definition) is 2. The van der Waals surface area contributed by atoms with Crippen LogP contribution in [0.1, 0.15) is 39.5 Å². The Hall–Kier alpha value is -1.45. The first-order chi connectivity index (χ1) is 8.08. The Balaban J connectivity index is 2.79. The minimum Gasteiger partial charge on any atom is -0.503 e. The molecule has 1 aromatic heterocycles. The lowest BCUT2D eigenvalue weighted by atomic mass is 9.99. The minimum atomic E-state index is -0.541. The smallest absolute Gasteiger partial charge is 0.226 e. The van der Waals surface area contributed by atoms with Crippen LogP contribution in [0, 0.1) is 5.92 Å². The Morgan fingerprint density at radius 3 is 2.65 bits per heavy atom. The van der Waals surface area contributed by atoms with Crippen LogP contribution in [0.3, 0.4) is 0 Å². The number of aromatic nitrogens is 1. The molecule has 0 radical (unpaired) electrons. The lowest BCUT2D eigenvalue weighted by molar-refractivity contribution is 0.338. The first-order valence-corrected chi connectivity index (χ1v) is 6.20. The van der Waals surface area contributed by atoms with Gasteiger partial charge in [-0.25, -0.2) is 0 Å². The highest BCUT2D eigenvalue weighted by Gasteiger charge is 2.10. The molecule has 4 nitrogen and oxygen atoms in total. The monoisotopic (exact) mass is 239 g/mol. The molecule has 0 saturated heterocycles.